The molecule has 0 unspecified atom stereocenters. The van der Waals surface area contributed by atoms with E-state index in [1.54, 1.807) is 13.0 Å². The Morgan fingerprint density at radius 2 is 1.90 bits per heavy atom. The first-order valence-corrected chi connectivity index (χ1v) is 10.4. The van der Waals surface area contributed by atoms with Crippen LogP contribution in [-0.2, 0) is 0 Å². The summed E-state index contributed by atoms with van der Waals surface area (Å²) in [5.74, 6) is -0.194. The molecule has 2 heterocycles. The molecule has 0 fully saturated rings. The van der Waals surface area contributed by atoms with Gasteiger partial charge in [0.25, 0.3) is 11.6 Å². The van der Waals surface area contributed by atoms with E-state index in [1.807, 2.05) is 36.6 Å². The number of nitro benzene ring substituents is 1. The highest BCUT2D eigenvalue weighted by Crippen LogP contribution is 2.28. The summed E-state index contributed by atoms with van der Waals surface area (Å²) >= 11 is 7.47. The molecule has 2 aromatic carbocycles. The zero-order valence-corrected chi connectivity index (χ0v) is 18.1. The Morgan fingerprint density at radius 3 is 2.61 bits per heavy atom. The molecule has 0 saturated carbocycles. The van der Waals surface area contributed by atoms with Crippen molar-refractivity contribution in [2.75, 3.05) is 5.32 Å². The van der Waals surface area contributed by atoms with Gasteiger partial charge in [0.15, 0.2) is 0 Å². The first kappa shape index (κ1) is 20.7. The molecule has 2 aromatic heterocycles. The number of non-ortho nitro benzene ring substituents is 1. The first-order chi connectivity index (χ1) is 14.8. The molecule has 0 aliphatic carbocycles. The van der Waals surface area contributed by atoms with Crippen molar-refractivity contribution < 1.29 is 9.72 Å². The zero-order valence-electron chi connectivity index (χ0n) is 16.5. The van der Waals surface area contributed by atoms with Crippen molar-refractivity contribution in [1.29, 1.82) is 0 Å². The van der Waals surface area contributed by atoms with E-state index < -0.39 is 10.8 Å². The van der Waals surface area contributed by atoms with Crippen molar-refractivity contribution in [3.8, 4) is 16.4 Å². The number of aromatic nitrogens is 3. The number of nitrogens with zero attached hydrogens (tertiary/aromatic N) is 4. The number of nitro groups is 1. The highest BCUT2D eigenvalue weighted by Gasteiger charge is 2.19. The van der Waals surface area contributed by atoms with Crippen molar-refractivity contribution in [2.45, 2.75) is 13.8 Å². The van der Waals surface area contributed by atoms with Crippen molar-refractivity contribution in [2.24, 2.45) is 0 Å². The van der Waals surface area contributed by atoms with Gasteiger partial charge in [-0.15, -0.1) is 11.3 Å². The maximum absolute atomic E-state index is 12.8. The number of aryl methyl sites for hydroxylation is 2. The largest absolute Gasteiger partial charge is 0.306 e. The van der Waals surface area contributed by atoms with Gasteiger partial charge in [0.05, 0.1) is 26.9 Å². The summed E-state index contributed by atoms with van der Waals surface area (Å²) < 4.78 is 1.53. The van der Waals surface area contributed by atoms with Crippen LogP contribution < -0.4 is 5.32 Å². The Labute approximate surface area is 186 Å². The smallest absolute Gasteiger partial charge is 0.270 e. The lowest BCUT2D eigenvalue weighted by Crippen LogP contribution is -2.15. The highest BCUT2D eigenvalue weighted by molar-refractivity contribution is 7.12. The number of carbonyl (C=O) groups excluding carboxylic acids is 1. The Balaban J connectivity index is 1.64. The Bertz CT molecular complexity index is 1300. The predicted molar refractivity (Wildman–Crippen MR) is 120 cm³/mol. The van der Waals surface area contributed by atoms with Crippen LogP contribution in [0.2, 0.25) is 5.02 Å². The molecule has 1 amide bonds. The fourth-order valence-corrected chi connectivity index (χ4v) is 3.94. The van der Waals surface area contributed by atoms with E-state index in [2.05, 4.69) is 15.4 Å². The maximum atomic E-state index is 12.8. The highest BCUT2D eigenvalue weighted by atomic mass is 35.5. The summed E-state index contributed by atoms with van der Waals surface area (Å²) in [6.45, 7) is 3.81. The van der Waals surface area contributed by atoms with Crippen LogP contribution >= 0.6 is 22.9 Å². The third kappa shape index (κ3) is 4.32. The van der Waals surface area contributed by atoms with E-state index in [4.69, 9.17) is 11.6 Å². The number of rotatable bonds is 5. The van der Waals surface area contributed by atoms with E-state index in [9.17, 15) is 14.9 Å². The summed E-state index contributed by atoms with van der Waals surface area (Å²) in [5.41, 5.74) is 3.39. The summed E-state index contributed by atoms with van der Waals surface area (Å²) in [6.07, 6.45) is 0. The van der Waals surface area contributed by atoms with Gasteiger partial charge >= 0.3 is 0 Å². The van der Waals surface area contributed by atoms with Crippen molar-refractivity contribution in [3.05, 3.63) is 85.9 Å². The second-order valence-corrected chi connectivity index (χ2v) is 8.08. The molecule has 0 atom stereocenters. The number of hydrogen-bond donors (Lipinski definition) is 1. The van der Waals surface area contributed by atoms with Gasteiger partial charge in [-0.05, 0) is 19.9 Å². The SMILES string of the molecule is Cc1ccc(-c2csc(-n3nc(C)cc3NC(=O)c3cc([N+](=O)[O-])ccc3Cl)n2)cc1. The number of benzene rings is 2. The molecular formula is C21H16ClN5O3S. The third-order valence-corrected chi connectivity index (χ3v) is 5.64. The van der Waals surface area contributed by atoms with E-state index in [1.165, 1.54) is 28.2 Å². The number of anilines is 1. The quantitative estimate of drug-likeness (QED) is 0.320. The van der Waals surface area contributed by atoms with E-state index in [-0.39, 0.29) is 16.3 Å². The number of hydrogen-bond acceptors (Lipinski definition) is 6. The minimum absolute atomic E-state index is 0.000697. The summed E-state index contributed by atoms with van der Waals surface area (Å²) in [6, 6.07) is 13.4. The first-order valence-electron chi connectivity index (χ1n) is 9.17. The minimum atomic E-state index is -0.580. The average Bonchev–Trinajstić information content (AvgIpc) is 3.35. The molecule has 0 saturated heterocycles. The van der Waals surface area contributed by atoms with Gasteiger partial charge in [0, 0.05) is 29.1 Å². The molecular weight excluding hydrogens is 438 g/mol. The summed E-state index contributed by atoms with van der Waals surface area (Å²) in [5, 5.41) is 20.8. The van der Waals surface area contributed by atoms with Crippen LogP contribution in [0.15, 0.2) is 53.9 Å². The molecule has 4 rings (SSSR count). The summed E-state index contributed by atoms with van der Waals surface area (Å²) in [4.78, 5) is 27.9. The van der Waals surface area contributed by atoms with E-state index >= 15 is 0 Å². The monoisotopic (exact) mass is 453 g/mol. The maximum Gasteiger partial charge on any atom is 0.270 e. The lowest BCUT2D eigenvalue weighted by Gasteiger charge is -2.08. The van der Waals surface area contributed by atoms with Gasteiger partial charge in [-0.3, -0.25) is 14.9 Å². The van der Waals surface area contributed by atoms with Crippen LogP contribution in [0.5, 0.6) is 0 Å². The number of carbonyl (C=O) groups is 1. The van der Waals surface area contributed by atoms with Crippen LogP contribution in [0.1, 0.15) is 21.6 Å². The molecule has 0 radical (unpaired) electrons. The standard InChI is InChI=1S/C21H16ClN5O3S/c1-12-3-5-14(6-4-12)18-11-31-21(23-18)26-19(9-13(2)25-26)24-20(28)16-10-15(27(29)30)7-8-17(16)22/h3-11H,1-2H3,(H,24,28). The van der Waals surface area contributed by atoms with Gasteiger partial charge in [0.2, 0.25) is 5.13 Å². The normalized spacial score (nSPS) is 10.8. The Hall–Kier alpha value is -3.56. The molecule has 0 aliphatic heterocycles. The molecule has 31 heavy (non-hydrogen) atoms. The molecule has 0 aliphatic rings. The number of amides is 1. The predicted octanol–water partition coefficient (Wildman–Crippen LogP) is 5.43. The molecule has 0 bridgehead atoms. The molecule has 10 heteroatoms. The molecule has 156 valence electrons. The minimum Gasteiger partial charge on any atom is -0.306 e. The molecule has 0 spiro atoms. The van der Waals surface area contributed by atoms with Crippen molar-refractivity contribution >= 4 is 40.4 Å². The molecule has 1 N–H and O–H groups in total. The van der Waals surface area contributed by atoms with E-state index in [0.717, 1.165) is 22.9 Å². The van der Waals surface area contributed by atoms with Gasteiger partial charge < -0.3 is 5.32 Å². The van der Waals surface area contributed by atoms with Crippen molar-refractivity contribution in [3.63, 3.8) is 0 Å². The van der Waals surface area contributed by atoms with Gasteiger partial charge in [-0.2, -0.15) is 9.78 Å². The van der Waals surface area contributed by atoms with Gasteiger partial charge in [-0.1, -0.05) is 41.4 Å². The number of thiazole rings is 1. The topological polar surface area (TPSA) is 103 Å². The Kier molecular flexibility index (Phi) is 5.53. The number of nitrogens with one attached hydrogen (secondary N) is 1. The second-order valence-electron chi connectivity index (χ2n) is 6.84. The molecule has 4 aromatic rings. The second kappa shape index (κ2) is 8.29. The third-order valence-electron chi connectivity index (χ3n) is 4.50. The van der Waals surface area contributed by atoms with Crippen LogP contribution in [0.4, 0.5) is 11.5 Å². The van der Waals surface area contributed by atoms with Crippen LogP contribution in [-0.4, -0.2) is 25.6 Å². The fraction of sp³-hybridized carbons (Fsp3) is 0.0952. The molecule has 8 nitrogen and oxygen atoms in total. The summed E-state index contributed by atoms with van der Waals surface area (Å²) in [7, 11) is 0. The Morgan fingerprint density at radius 1 is 1.16 bits per heavy atom. The van der Waals surface area contributed by atoms with Crippen LogP contribution in [0.25, 0.3) is 16.4 Å². The van der Waals surface area contributed by atoms with Gasteiger partial charge in [0.1, 0.15) is 5.82 Å². The van der Waals surface area contributed by atoms with Gasteiger partial charge in [-0.25, -0.2) is 4.98 Å². The lowest BCUT2D eigenvalue weighted by molar-refractivity contribution is -0.384. The van der Waals surface area contributed by atoms with Crippen LogP contribution in [0.3, 0.4) is 0 Å². The lowest BCUT2D eigenvalue weighted by atomic mass is 10.1. The number of halogens is 1. The zero-order chi connectivity index (χ0) is 22.1. The van der Waals surface area contributed by atoms with Crippen LogP contribution in [0, 0.1) is 24.0 Å². The fourth-order valence-electron chi connectivity index (χ4n) is 2.94. The van der Waals surface area contributed by atoms with E-state index in [0.29, 0.717) is 16.6 Å². The average molecular weight is 454 g/mol. The van der Waals surface area contributed by atoms with Crippen molar-refractivity contribution in [1.82, 2.24) is 14.8 Å².